The van der Waals surface area contributed by atoms with Crippen molar-refractivity contribution in [3.8, 4) is 0 Å². The van der Waals surface area contributed by atoms with E-state index in [4.69, 9.17) is 35.3 Å². The van der Waals surface area contributed by atoms with E-state index in [-0.39, 0.29) is 35.3 Å². The van der Waals surface area contributed by atoms with Crippen molar-refractivity contribution in [2.24, 2.45) is 16.7 Å². The molecule has 0 aromatic heterocycles. The molecule has 4 N–H and O–H groups in total. The number of carbonyl (C=O) groups excluding carboxylic acids is 6. The third-order valence-corrected chi connectivity index (χ3v) is 13.8. The molecule has 11 atom stereocenters. The van der Waals surface area contributed by atoms with Crippen molar-refractivity contribution >= 4 is 47.2 Å². The maximum Gasteiger partial charge on any atom is 0.338 e. The van der Waals surface area contributed by atoms with E-state index in [1.54, 1.807) is 62.4 Å². The zero-order valence-electron chi connectivity index (χ0n) is 35.5. The van der Waals surface area contributed by atoms with Crippen LogP contribution in [0.4, 0.5) is 0 Å². The monoisotopic (exact) mass is 887 g/mol. The van der Waals surface area contributed by atoms with Crippen LogP contribution in [0, 0.1) is 16.7 Å². The van der Waals surface area contributed by atoms with Gasteiger partial charge in [-0.2, -0.15) is 0 Å². The lowest BCUT2D eigenvalue weighted by Crippen LogP contribution is -2.82. The summed E-state index contributed by atoms with van der Waals surface area (Å²) in [6.07, 6.45) is -10.6. The molecule has 2 saturated carbocycles. The topological polar surface area (TPSA) is 221 Å². The molecule has 2 bridgehead atoms. The van der Waals surface area contributed by atoms with Gasteiger partial charge in [0.1, 0.15) is 23.9 Å². The van der Waals surface area contributed by atoms with Crippen LogP contribution in [-0.2, 0) is 42.9 Å². The second-order valence-electron chi connectivity index (χ2n) is 17.5. The Labute approximate surface area is 368 Å². The van der Waals surface area contributed by atoms with Crippen LogP contribution in [0.15, 0.2) is 96.1 Å². The average molecular weight is 888 g/mol. The molecule has 1 heterocycles. The van der Waals surface area contributed by atoms with Crippen molar-refractivity contribution < 1.29 is 67.8 Å². The molecular weight excluding hydrogens is 838 g/mol. The highest BCUT2D eigenvalue weighted by molar-refractivity contribution is 6.30. The zero-order chi connectivity index (χ0) is 45.8. The molecule has 3 aromatic rings. The number of hydrogen-bond acceptors (Lipinski definition) is 14. The van der Waals surface area contributed by atoms with Gasteiger partial charge in [0.25, 0.3) is 5.91 Å². The molecule has 3 aromatic carbocycles. The second-order valence-corrected chi connectivity index (χ2v) is 17.9. The van der Waals surface area contributed by atoms with Gasteiger partial charge in [0.05, 0.1) is 35.6 Å². The number of nitrogens with one attached hydrogen (secondary N) is 1. The van der Waals surface area contributed by atoms with E-state index >= 15 is 4.79 Å². The van der Waals surface area contributed by atoms with Crippen molar-refractivity contribution in [3.63, 3.8) is 0 Å². The highest BCUT2D eigenvalue weighted by Gasteiger charge is 2.78. The Morgan fingerprint density at radius 2 is 1.48 bits per heavy atom. The second kappa shape index (κ2) is 16.9. The Balaban J connectivity index is 1.38. The molecule has 3 fully saturated rings. The fourth-order valence-corrected chi connectivity index (χ4v) is 10.3. The number of benzene rings is 3. The molecule has 0 radical (unpaired) electrons. The van der Waals surface area contributed by atoms with Gasteiger partial charge in [-0.1, -0.05) is 74.0 Å². The van der Waals surface area contributed by atoms with Crippen LogP contribution in [0.5, 0.6) is 0 Å². The number of rotatable bonds is 10. The number of amides is 1. The summed E-state index contributed by atoms with van der Waals surface area (Å²) in [5.41, 5.74) is -7.19. The zero-order valence-corrected chi connectivity index (χ0v) is 36.3. The Morgan fingerprint density at radius 1 is 0.857 bits per heavy atom. The predicted octanol–water partition coefficient (Wildman–Crippen LogP) is 4.39. The number of Topliss-reactive ketones (excluding diaryl/α,β-unsaturated/α-hetero) is 1. The SMILES string of the molecule is CC(=O)O[C@H]1C(=O)[C@@]2(C)C([C@H](OC(=O)c3ccccc3)[C@]3(O)C[C@H](OC(=O)[C@H](O)[C@@H](NC(=O)c4ccc(Cl)cc4)c4ccccc4)C(C)=C1C3(C)C)[C@@]1(OC(C)=O)CO[C@@H]1C[C@@H]2O. The molecule has 334 valence electrons. The summed E-state index contributed by atoms with van der Waals surface area (Å²) in [6.45, 7) is 7.93. The molecular formula is C47H50ClNO14. The molecule has 16 heteroatoms. The van der Waals surface area contributed by atoms with Gasteiger partial charge in [0, 0.05) is 42.7 Å². The maximum atomic E-state index is 15.5. The predicted molar refractivity (Wildman–Crippen MR) is 223 cm³/mol. The Hall–Kier alpha value is -5.45. The first-order valence-electron chi connectivity index (χ1n) is 20.6. The van der Waals surface area contributed by atoms with Crippen LogP contribution >= 0.6 is 11.6 Å². The molecule has 4 aliphatic rings. The van der Waals surface area contributed by atoms with E-state index in [9.17, 15) is 39.3 Å². The number of aliphatic hydroxyl groups is 3. The van der Waals surface area contributed by atoms with Gasteiger partial charge in [-0.3, -0.25) is 19.2 Å². The van der Waals surface area contributed by atoms with E-state index in [0.717, 1.165) is 13.8 Å². The van der Waals surface area contributed by atoms with E-state index in [1.165, 1.54) is 50.2 Å². The summed E-state index contributed by atoms with van der Waals surface area (Å²) in [5.74, 6) is -6.95. The van der Waals surface area contributed by atoms with Crippen molar-refractivity contribution in [2.75, 3.05) is 6.61 Å². The molecule has 15 nitrogen and oxygen atoms in total. The number of esters is 4. The van der Waals surface area contributed by atoms with E-state index in [2.05, 4.69) is 5.32 Å². The fourth-order valence-electron chi connectivity index (χ4n) is 10.2. The van der Waals surface area contributed by atoms with Crippen LogP contribution < -0.4 is 5.32 Å². The highest BCUT2D eigenvalue weighted by Crippen LogP contribution is 2.64. The van der Waals surface area contributed by atoms with Crippen LogP contribution in [0.3, 0.4) is 0 Å². The number of fused-ring (bicyclic) bond motifs is 5. The summed E-state index contributed by atoms with van der Waals surface area (Å²) in [5, 5.41) is 40.6. The van der Waals surface area contributed by atoms with Crippen molar-refractivity contribution in [3.05, 3.63) is 118 Å². The van der Waals surface area contributed by atoms with E-state index in [0.29, 0.717) is 10.6 Å². The van der Waals surface area contributed by atoms with Crippen LogP contribution in [0.1, 0.15) is 86.7 Å². The van der Waals surface area contributed by atoms with Crippen LogP contribution in [0.25, 0.3) is 0 Å². The van der Waals surface area contributed by atoms with Crippen molar-refractivity contribution in [2.45, 2.75) is 108 Å². The molecule has 1 unspecified atom stereocenters. The third kappa shape index (κ3) is 7.73. The molecule has 1 aliphatic heterocycles. The third-order valence-electron chi connectivity index (χ3n) is 13.6. The van der Waals surface area contributed by atoms with Gasteiger partial charge in [-0.05, 0) is 67.0 Å². The summed E-state index contributed by atoms with van der Waals surface area (Å²) < 4.78 is 30.3. The normalized spacial score (nSPS) is 31.6. The van der Waals surface area contributed by atoms with Gasteiger partial charge in [0.2, 0.25) is 0 Å². The fraction of sp³-hybridized carbons (Fsp3) is 0.447. The number of hydrogen-bond donors (Lipinski definition) is 4. The summed E-state index contributed by atoms with van der Waals surface area (Å²) in [4.78, 5) is 83.6. The Bertz CT molecular complexity index is 2340. The number of aliphatic hydroxyl groups excluding tert-OH is 2. The quantitative estimate of drug-likeness (QED) is 0.126. The number of halogens is 1. The first-order valence-corrected chi connectivity index (χ1v) is 21.0. The average Bonchev–Trinajstić information content (AvgIpc) is 3.24. The summed E-state index contributed by atoms with van der Waals surface area (Å²) in [6, 6.07) is 20.6. The lowest BCUT2D eigenvalue weighted by Gasteiger charge is -2.67. The molecule has 1 saturated heterocycles. The van der Waals surface area contributed by atoms with Gasteiger partial charge >= 0.3 is 23.9 Å². The Kier molecular flexibility index (Phi) is 12.2. The number of ketones is 1. The van der Waals surface area contributed by atoms with Gasteiger partial charge in [-0.25, -0.2) is 9.59 Å². The minimum Gasteiger partial charge on any atom is -0.456 e. The highest BCUT2D eigenvalue weighted by atomic mass is 35.5. The Morgan fingerprint density at radius 3 is 2.05 bits per heavy atom. The smallest absolute Gasteiger partial charge is 0.338 e. The van der Waals surface area contributed by atoms with Gasteiger partial charge < -0.3 is 44.3 Å². The van der Waals surface area contributed by atoms with E-state index < -0.39 is 113 Å². The lowest BCUT2D eigenvalue weighted by atomic mass is 9.44. The molecule has 3 aliphatic carbocycles. The lowest BCUT2D eigenvalue weighted by molar-refractivity contribution is -0.346. The molecule has 7 rings (SSSR count). The maximum absolute atomic E-state index is 15.5. The molecule has 1 amide bonds. The molecule has 63 heavy (non-hydrogen) atoms. The number of carbonyl (C=O) groups is 6. The minimum absolute atomic E-state index is 0.0134. The number of ether oxygens (including phenoxy) is 5. The first kappa shape index (κ1) is 45.6. The first-order chi connectivity index (χ1) is 29.7. The summed E-state index contributed by atoms with van der Waals surface area (Å²) in [7, 11) is 0. The van der Waals surface area contributed by atoms with Gasteiger partial charge in [0.15, 0.2) is 23.6 Å². The van der Waals surface area contributed by atoms with Crippen LogP contribution in [-0.4, -0.2) is 105 Å². The van der Waals surface area contributed by atoms with E-state index in [1.807, 2.05) is 0 Å². The summed E-state index contributed by atoms with van der Waals surface area (Å²) >= 11 is 6.03. The van der Waals surface area contributed by atoms with Gasteiger partial charge in [-0.15, -0.1) is 0 Å². The largest absolute Gasteiger partial charge is 0.456 e. The van der Waals surface area contributed by atoms with Crippen molar-refractivity contribution in [1.82, 2.24) is 5.32 Å². The standard InChI is InChI=1S/C47H50ClNO14/c1-24-31(61-43(57)36(53)35(27-13-9-7-10-14-27)49-41(55)28-17-19-30(48)20-18-28)22-47(58)40(62-42(56)29-15-11-8-12-16-29)38-45(6,32(52)21-33-46(38,23-59-33)63-26(3)51)39(54)37(60-25(2)50)34(24)44(47,4)5/h7-20,31-33,35-38,40,52-53,58H,21-23H2,1-6H3,(H,49,55)/t31-,32-,33+,35-,36+,37+,38?,40-,45+,46+,47+/m0/s1. The minimum atomic E-state index is -2.40. The van der Waals surface area contributed by atoms with Crippen LogP contribution in [0.2, 0.25) is 5.02 Å². The molecule has 0 spiro atoms. The van der Waals surface area contributed by atoms with Crippen molar-refractivity contribution in [1.29, 1.82) is 0 Å².